The maximum absolute atomic E-state index is 12.6. The normalized spacial score (nSPS) is 11.4. The number of benzene rings is 2. The second kappa shape index (κ2) is 7.36. The Labute approximate surface area is 158 Å². The summed E-state index contributed by atoms with van der Waals surface area (Å²) in [4.78, 5) is 12.6. The van der Waals surface area contributed by atoms with Gasteiger partial charge in [0.05, 0.1) is 21.8 Å². The van der Waals surface area contributed by atoms with Crippen LogP contribution in [-0.2, 0) is 16.4 Å². The Bertz CT molecular complexity index is 1090. The second-order valence-electron chi connectivity index (χ2n) is 6.35. The third-order valence-electron chi connectivity index (χ3n) is 4.40. The quantitative estimate of drug-likeness (QED) is 0.735. The van der Waals surface area contributed by atoms with Crippen LogP contribution in [0.2, 0.25) is 0 Å². The van der Waals surface area contributed by atoms with Gasteiger partial charge in [0.1, 0.15) is 0 Å². The summed E-state index contributed by atoms with van der Waals surface area (Å²) in [6, 6.07) is 15.9. The van der Waals surface area contributed by atoms with Crippen LogP contribution in [0.15, 0.2) is 59.5 Å². The fourth-order valence-corrected chi connectivity index (χ4v) is 3.88. The summed E-state index contributed by atoms with van der Waals surface area (Å²) in [7, 11) is -3.49. The Kier molecular flexibility index (Phi) is 5.14. The molecule has 0 saturated heterocycles. The average molecular weight is 383 g/mol. The van der Waals surface area contributed by atoms with E-state index in [9.17, 15) is 13.2 Å². The zero-order chi connectivity index (χ0) is 19.6. The minimum atomic E-state index is -3.49. The van der Waals surface area contributed by atoms with Gasteiger partial charge in [-0.15, -0.1) is 0 Å². The van der Waals surface area contributed by atoms with Gasteiger partial charge >= 0.3 is 0 Å². The number of hydrogen-bond acceptors (Lipinski definition) is 4. The first-order valence-corrected chi connectivity index (χ1v) is 10.4. The molecule has 0 aliphatic heterocycles. The molecule has 0 aliphatic carbocycles. The van der Waals surface area contributed by atoms with Gasteiger partial charge in [-0.2, -0.15) is 5.10 Å². The van der Waals surface area contributed by atoms with Crippen LogP contribution >= 0.6 is 0 Å². The third kappa shape index (κ3) is 3.93. The summed E-state index contributed by atoms with van der Waals surface area (Å²) in [5, 5.41) is 7.37. The van der Waals surface area contributed by atoms with Crippen LogP contribution in [0.25, 0.3) is 5.69 Å². The Morgan fingerprint density at radius 2 is 1.67 bits per heavy atom. The van der Waals surface area contributed by atoms with Crippen molar-refractivity contribution in [1.29, 1.82) is 0 Å². The third-order valence-corrected chi connectivity index (χ3v) is 5.55. The van der Waals surface area contributed by atoms with Crippen molar-refractivity contribution in [2.24, 2.45) is 0 Å². The number of carbonyl (C=O) groups is 1. The van der Waals surface area contributed by atoms with Crippen LogP contribution in [0.3, 0.4) is 0 Å². The van der Waals surface area contributed by atoms with Crippen LogP contribution < -0.4 is 5.32 Å². The van der Waals surface area contributed by atoms with Gasteiger partial charge in [0, 0.05) is 24.1 Å². The van der Waals surface area contributed by atoms with Crippen LogP contribution in [0.4, 0.5) is 0 Å². The molecule has 2 aromatic carbocycles. The molecule has 140 valence electrons. The minimum Gasteiger partial charge on any atom is -0.348 e. The molecule has 3 rings (SSSR count). The topological polar surface area (TPSA) is 81.1 Å². The van der Waals surface area contributed by atoms with Gasteiger partial charge in [-0.25, -0.2) is 13.1 Å². The Morgan fingerprint density at radius 1 is 1.04 bits per heavy atom. The van der Waals surface area contributed by atoms with Gasteiger partial charge in [-0.3, -0.25) is 4.79 Å². The lowest BCUT2D eigenvalue weighted by Crippen LogP contribution is -2.25. The fraction of sp³-hybridized carbons (Fsp3) is 0.200. The summed E-state index contributed by atoms with van der Waals surface area (Å²) in [5.74, 6) is -0.428. The summed E-state index contributed by atoms with van der Waals surface area (Å²) in [5.41, 5.74) is 3.73. The molecule has 0 saturated carbocycles. The molecular formula is C20H21N3O3S. The number of amides is 1. The number of para-hydroxylation sites is 1. The molecule has 3 aromatic rings. The molecule has 27 heavy (non-hydrogen) atoms. The molecule has 0 radical (unpaired) electrons. The molecule has 0 spiro atoms. The highest BCUT2D eigenvalue weighted by atomic mass is 32.2. The van der Waals surface area contributed by atoms with Crippen LogP contribution in [0.5, 0.6) is 0 Å². The van der Waals surface area contributed by atoms with Crippen molar-refractivity contribution in [1.82, 2.24) is 15.1 Å². The van der Waals surface area contributed by atoms with Crippen LogP contribution in [0.1, 0.15) is 27.3 Å². The zero-order valence-electron chi connectivity index (χ0n) is 15.4. The standard InChI is InChI=1S/C20H21N3O3S/c1-14-18(15(2)23(22-14)16-9-5-4-6-10-16)13-21-20(24)17-11-7-8-12-19(17)27(3,25)26/h4-12H,13H2,1-3H3,(H,21,24). The minimum absolute atomic E-state index is 0.0240. The van der Waals surface area contributed by atoms with Gasteiger partial charge in [0.25, 0.3) is 5.91 Å². The van der Waals surface area contributed by atoms with Crippen LogP contribution in [-0.4, -0.2) is 30.4 Å². The van der Waals surface area contributed by atoms with Gasteiger partial charge in [0.2, 0.25) is 0 Å². The predicted octanol–water partition coefficient (Wildman–Crippen LogP) is 2.82. The lowest BCUT2D eigenvalue weighted by atomic mass is 10.1. The summed E-state index contributed by atoms with van der Waals surface area (Å²) >= 11 is 0. The molecule has 1 N–H and O–H groups in total. The Hall–Kier alpha value is -2.93. The monoisotopic (exact) mass is 383 g/mol. The molecule has 6 nitrogen and oxygen atoms in total. The fourth-order valence-electron chi connectivity index (χ4n) is 2.99. The predicted molar refractivity (Wildman–Crippen MR) is 104 cm³/mol. The second-order valence-corrected chi connectivity index (χ2v) is 8.33. The summed E-state index contributed by atoms with van der Waals surface area (Å²) in [6.45, 7) is 4.10. The van der Waals surface area contributed by atoms with E-state index in [-0.39, 0.29) is 17.0 Å². The number of rotatable bonds is 5. The van der Waals surface area contributed by atoms with Crippen molar-refractivity contribution in [3.8, 4) is 5.69 Å². The van der Waals surface area contributed by atoms with Gasteiger partial charge in [-0.1, -0.05) is 30.3 Å². The average Bonchev–Trinajstić information content (AvgIpc) is 2.93. The number of nitrogens with one attached hydrogen (secondary N) is 1. The zero-order valence-corrected chi connectivity index (χ0v) is 16.2. The van der Waals surface area contributed by atoms with Crippen LogP contribution in [0, 0.1) is 13.8 Å². The lowest BCUT2D eigenvalue weighted by Gasteiger charge is -2.10. The maximum atomic E-state index is 12.6. The number of aryl methyl sites for hydroxylation is 1. The molecular weight excluding hydrogens is 362 g/mol. The van der Waals surface area contributed by atoms with Crippen molar-refractivity contribution in [3.05, 3.63) is 77.1 Å². The molecule has 1 aromatic heterocycles. The SMILES string of the molecule is Cc1nn(-c2ccccc2)c(C)c1CNC(=O)c1ccccc1S(C)(=O)=O. The Balaban J connectivity index is 1.85. The van der Waals surface area contributed by atoms with Gasteiger partial charge in [0.15, 0.2) is 9.84 Å². The van der Waals surface area contributed by atoms with E-state index in [0.717, 1.165) is 28.9 Å². The number of sulfone groups is 1. The van der Waals surface area contributed by atoms with E-state index < -0.39 is 15.7 Å². The number of nitrogens with zero attached hydrogens (tertiary/aromatic N) is 2. The summed E-state index contributed by atoms with van der Waals surface area (Å²) in [6.07, 6.45) is 1.09. The molecule has 0 fully saturated rings. The maximum Gasteiger partial charge on any atom is 0.252 e. The lowest BCUT2D eigenvalue weighted by molar-refractivity contribution is 0.0947. The van der Waals surface area contributed by atoms with Crippen molar-refractivity contribution < 1.29 is 13.2 Å². The highest BCUT2D eigenvalue weighted by Crippen LogP contribution is 2.19. The van der Waals surface area contributed by atoms with E-state index >= 15 is 0 Å². The smallest absolute Gasteiger partial charge is 0.252 e. The number of carbonyl (C=O) groups excluding carboxylic acids is 1. The first-order chi connectivity index (χ1) is 12.8. The molecule has 0 aliphatic rings. The molecule has 1 heterocycles. The van der Waals surface area contributed by atoms with E-state index in [1.54, 1.807) is 12.1 Å². The molecule has 0 atom stereocenters. The van der Waals surface area contributed by atoms with Gasteiger partial charge in [-0.05, 0) is 38.1 Å². The first-order valence-electron chi connectivity index (χ1n) is 8.47. The van der Waals surface area contributed by atoms with Crippen molar-refractivity contribution in [2.75, 3.05) is 6.26 Å². The molecule has 1 amide bonds. The van der Waals surface area contributed by atoms with Crippen molar-refractivity contribution in [3.63, 3.8) is 0 Å². The molecule has 7 heteroatoms. The van der Waals surface area contributed by atoms with E-state index in [0.29, 0.717) is 0 Å². The first kappa shape index (κ1) is 18.8. The van der Waals surface area contributed by atoms with Gasteiger partial charge < -0.3 is 5.32 Å². The molecule has 0 unspecified atom stereocenters. The number of hydrogen-bond donors (Lipinski definition) is 1. The van der Waals surface area contributed by atoms with E-state index in [2.05, 4.69) is 10.4 Å². The molecule has 0 bridgehead atoms. The number of aromatic nitrogens is 2. The van der Waals surface area contributed by atoms with E-state index in [1.807, 2.05) is 48.9 Å². The Morgan fingerprint density at radius 3 is 2.33 bits per heavy atom. The largest absolute Gasteiger partial charge is 0.348 e. The highest BCUT2D eigenvalue weighted by molar-refractivity contribution is 7.90. The van der Waals surface area contributed by atoms with E-state index in [4.69, 9.17) is 0 Å². The highest BCUT2D eigenvalue weighted by Gasteiger charge is 2.19. The van der Waals surface area contributed by atoms with E-state index in [1.165, 1.54) is 12.1 Å². The summed E-state index contributed by atoms with van der Waals surface area (Å²) < 4.78 is 25.6. The van der Waals surface area contributed by atoms with Crippen molar-refractivity contribution >= 4 is 15.7 Å². The van der Waals surface area contributed by atoms with Crippen molar-refractivity contribution in [2.45, 2.75) is 25.3 Å².